The SMILES string of the molecule is C=C/C1=C(\CC)c2cc(-n3c4ccccc4c4cc(-n5c6ccccc6c6ccccc65)ccc43)ccc2C(/C=C\C)=C(C)/C(C)=C1/C=C\C. The highest BCUT2D eigenvalue weighted by Gasteiger charge is 2.23. The molecule has 1 aliphatic rings. The Kier molecular flexibility index (Phi) is 7.88. The fourth-order valence-corrected chi connectivity index (χ4v) is 8.23. The lowest BCUT2D eigenvalue weighted by molar-refractivity contribution is 1.15. The second kappa shape index (κ2) is 12.5. The predicted octanol–water partition coefficient (Wildman–Crippen LogP) is 13.5. The Bertz CT molecular complexity index is 2620. The van der Waals surface area contributed by atoms with E-state index in [1.807, 2.05) is 0 Å². The molecule has 0 radical (unpaired) electrons. The molecule has 0 saturated heterocycles. The maximum Gasteiger partial charge on any atom is 0.0542 e. The molecule has 8 rings (SSSR count). The fourth-order valence-electron chi connectivity index (χ4n) is 8.23. The van der Waals surface area contributed by atoms with Crippen LogP contribution in [0, 0.1) is 0 Å². The molecule has 50 heavy (non-hydrogen) atoms. The van der Waals surface area contributed by atoms with Gasteiger partial charge in [-0.1, -0.05) is 105 Å². The zero-order valence-corrected chi connectivity index (χ0v) is 29.6. The smallest absolute Gasteiger partial charge is 0.0542 e. The van der Waals surface area contributed by atoms with E-state index in [-0.39, 0.29) is 0 Å². The number of nitrogens with zero attached hydrogens (tertiary/aromatic N) is 2. The largest absolute Gasteiger partial charge is 0.309 e. The first kappa shape index (κ1) is 31.4. The third kappa shape index (κ3) is 4.70. The highest BCUT2D eigenvalue weighted by atomic mass is 15.0. The van der Waals surface area contributed by atoms with Gasteiger partial charge in [-0.15, -0.1) is 0 Å². The maximum absolute atomic E-state index is 4.33. The van der Waals surface area contributed by atoms with Gasteiger partial charge in [0.2, 0.25) is 0 Å². The van der Waals surface area contributed by atoms with Gasteiger partial charge in [0.05, 0.1) is 22.1 Å². The van der Waals surface area contributed by atoms with Crippen LogP contribution in [0.15, 0.2) is 168 Å². The molecule has 2 nitrogen and oxygen atoms in total. The predicted molar refractivity (Wildman–Crippen MR) is 217 cm³/mol. The van der Waals surface area contributed by atoms with Crippen LogP contribution in [0.3, 0.4) is 0 Å². The molecule has 0 amide bonds. The van der Waals surface area contributed by atoms with Gasteiger partial charge in [-0.05, 0) is 127 Å². The van der Waals surface area contributed by atoms with Crippen molar-refractivity contribution in [2.24, 2.45) is 0 Å². The Morgan fingerprint density at radius 1 is 0.520 bits per heavy atom. The zero-order chi connectivity index (χ0) is 34.5. The van der Waals surface area contributed by atoms with E-state index < -0.39 is 0 Å². The summed E-state index contributed by atoms with van der Waals surface area (Å²) in [5.41, 5.74) is 17.3. The van der Waals surface area contributed by atoms with Crippen LogP contribution < -0.4 is 0 Å². The van der Waals surface area contributed by atoms with Gasteiger partial charge in [0.25, 0.3) is 0 Å². The van der Waals surface area contributed by atoms with Crippen molar-refractivity contribution in [2.45, 2.75) is 41.0 Å². The number of fused-ring (bicyclic) bond motifs is 7. The molecule has 244 valence electrons. The average Bonchev–Trinajstić information content (AvgIpc) is 3.67. The molecule has 0 N–H and O–H groups in total. The van der Waals surface area contributed by atoms with E-state index in [4.69, 9.17) is 0 Å². The van der Waals surface area contributed by atoms with Crippen LogP contribution in [-0.4, -0.2) is 9.13 Å². The molecule has 2 aromatic heterocycles. The zero-order valence-electron chi connectivity index (χ0n) is 29.6. The molecule has 2 heterocycles. The van der Waals surface area contributed by atoms with Crippen molar-refractivity contribution in [1.82, 2.24) is 9.13 Å². The second-order valence-corrected chi connectivity index (χ2v) is 13.2. The summed E-state index contributed by atoms with van der Waals surface area (Å²) in [7, 11) is 0. The van der Waals surface area contributed by atoms with Crippen molar-refractivity contribution >= 4 is 54.8 Å². The third-order valence-electron chi connectivity index (χ3n) is 10.6. The standard InChI is InChI=1S/C48H42N2/c1-7-17-37-31(5)32(6)38(18-8-2)39-27-25-33(29-43(39)36(10-4)35(37)9-3)50-47-24-16-13-21-42(47)44-30-34(26-28-48(44)50)49-45-22-14-11-19-40(45)41-20-12-15-23-46(41)49/h7-9,11-30H,3,10H2,1-2,4-6H3/b17-7-,18-8-,32-31?,36-35-,37-31-,37-35?,38-32+,39-38?,43-36?. The van der Waals surface area contributed by atoms with Crippen LogP contribution in [0.25, 0.3) is 66.1 Å². The monoisotopic (exact) mass is 646 g/mol. The Balaban J connectivity index is 1.41. The van der Waals surface area contributed by atoms with Gasteiger partial charge in [0, 0.05) is 32.9 Å². The van der Waals surface area contributed by atoms with Crippen LogP contribution in [0.5, 0.6) is 0 Å². The number of para-hydroxylation sites is 3. The van der Waals surface area contributed by atoms with Gasteiger partial charge >= 0.3 is 0 Å². The Morgan fingerprint density at radius 2 is 1.00 bits per heavy atom. The Morgan fingerprint density at radius 3 is 1.56 bits per heavy atom. The minimum Gasteiger partial charge on any atom is -0.309 e. The number of aromatic nitrogens is 2. The molecule has 0 bridgehead atoms. The van der Waals surface area contributed by atoms with Crippen LogP contribution in [0.2, 0.25) is 0 Å². The first-order valence-corrected chi connectivity index (χ1v) is 17.7. The molecule has 0 spiro atoms. The third-order valence-corrected chi connectivity index (χ3v) is 10.6. The van der Waals surface area contributed by atoms with Crippen LogP contribution >= 0.6 is 0 Å². The molecule has 5 aromatic carbocycles. The van der Waals surface area contributed by atoms with E-state index in [2.05, 4.69) is 190 Å². The summed E-state index contributed by atoms with van der Waals surface area (Å²) in [5.74, 6) is 0. The van der Waals surface area contributed by atoms with Crippen molar-refractivity contribution in [3.05, 3.63) is 180 Å². The van der Waals surface area contributed by atoms with Gasteiger partial charge in [-0.2, -0.15) is 0 Å². The second-order valence-electron chi connectivity index (χ2n) is 13.2. The fraction of sp³-hybridized carbons (Fsp3) is 0.125. The summed E-state index contributed by atoms with van der Waals surface area (Å²) in [6.45, 7) is 15.3. The summed E-state index contributed by atoms with van der Waals surface area (Å²) in [6.07, 6.45) is 11.8. The van der Waals surface area contributed by atoms with E-state index in [9.17, 15) is 0 Å². The first-order valence-electron chi connectivity index (χ1n) is 17.7. The summed E-state index contributed by atoms with van der Waals surface area (Å²) in [5, 5.41) is 5.03. The van der Waals surface area contributed by atoms with Crippen molar-refractivity contribution in [3.8, 4) is 11.4 Å². The summed E-state index contributed by atoms with van der Waals surface area (Å²) >= 11 is 0. The quantitative estimate of drug-likeness (QED) is 0.170. The molecular weight excluding hydrogens is 605 g/mol. The lowest BCUT2D eigenvalue weighted by Crippen LogP contribution is -2.06. The number of rotatable bonds is 6. The molecular formula is C48H42N2. The van der Waals surface area contributed by atoms with Gasteiger partial charge in [-0.25, -0.2) is 0 Å². The highest BCUT2D eigenvalue weighted by molar-refractivity contribution is 6.12. The summed E-state index contributed by atoms with van der Waals surface area (Å²) in [4.78, 5) is 0. The lowest BCUT2D eigenvalue weighted by Gasteiger charge is -2.25. The van der Waals surface area contributed by atoms with Crippen molar-refractivity contribution in [1.29, 1.82) is 0 Å². The van der Waals surface area contributed by atoms with E-state index in [1.165, 1.54) is 88.2 Å². The number of hydrogen-bond acceptors (Lipinski definition) is 0. The lowest BCUT2D eigenvalue weighted by atomic mass is 9.80. The number of benzene rings is 5. The molecule has 0 aliphatic heterocycles. The normalized spacial score (nSPS) is 18.6. The van der Waals surface area contributed by atoms with Crippen molar-refractivity contribution in [3.63, 3.8) is 0 Å². The number of hydrogen-bond donors (Lipinski definition) is 0. The molecule has 1 aliphatic carbocycles. The van der Waals surface area contributed by atoms with E-state index in [0.29, 0.717) is 0 Å². The van der Waals surface area contributed by atoms with Crippen LogP contribution in [0.4, 0.5) is 0 Å². The van der Waals surface area contributed by atoms with E-state index in [0.717, 1.165) is 17.8 Å². The molecule has 0 saturated carbocycles. The molecule has 0 unspecified atom stereocenters. The summed E-state index contributed by atoms with van der Waals surface area (Å²) < 4.78 is 4.85. The summed E-state index contributed by atoms with van der Waals surface area (Å²) in [6, 6.07) is 40.3. The number of allylic oxidation sites excluding steroid dienone is 11. The maximum atomic E-state index is 4.33. The Labute approximate surface area is 295 Å². The van der Waals surface area contributed by atoms with Gasteiger partial charge < -0.3 is 9.13 Å². The van der Waals surface area contributed by atoms with Gasteiger partial charge in [-0.3, -0.25) is 0 Å². The van der Waals surface area contributed by atoms with Crippen LogP contribution in [0.1, 0.15) is 52.2 Å². The highest BCUT2D eigenvalue weighted by Crippen LogP contribution is 2.43. The molecule has 0 atom stereocenters. The first-order chi connectivity index (χ1) is 24.5. The van der Waals surface area contributed by atoms with Crippen molar-refractivity contribution < 1.29 is 0 Å². The van der Waals surface area contributed by atoms with E-state index >= 15 is 0 Å². The van der Waals surface area contributed by atoms with Gasteiger partial charge in [0.15, 0.2) is 0 Å². The molecule has 0 fully saturated rings. The topological polar surface area (TPSA) is 9.86 Å². The molecule has 7 aromatic rings. The molecule has 2 heteroatoms. The minimum atomic E-state index is 0.892. The minimum absolute atomic E-state index is 0.892. The average molecular weight is 647 g/mol. The van der Waals surface area contributed by atoms with E-state index in [1.54, 1.807) is 0 Å². The van der Waals surface area contributed by atoms with Crippen molar-refractivity contribution in [2.75, 3.05) is 0 Å². The van der Waals surface area contributed by atoms with Crippen LogP contribution in [-0.2, 0) is 0 Å². The Hall–Kier alpha value is -5.86. The van der Waals surface area contributed by atoms with Gasteiger partial charge in [0.1, 0.15) is 0 Å².